The molecule has 120 heavy (non-hydrogen) atoms. The van der Waals surface area contributed by atoms with Crippen molar-refractivity contribution in [3.8, 4) is 69.0 Å². The second-order valence-corrected chi connectivity index (χ2v) is 27.7. The van der Waals surface area contributed by atoms with E-state index in [0.29, 0.717) is 128 Å². The van der Waals surface area contributed by atoms with Crippen LogP contribution in [0.1, 0.15) is 92.1 Å². The molecule has 0 fully saturated rings. The average molecular weight is 1720 g/mol. The van der Waals surface area contributed by atoms with Gasteiger partial charge in [0.05, 0.1) is 40.5 Å². The van der Waals surface area contributed by atoms with Gasteiger partial charge in [-0.2, -0.15) is 0 Å². The Morgan fingerprint density at radius 1 is 0.350 bits per heavy atom. The number of phenols is 3. The molecule has 0 aromatic heterocycles. The Labute approximate surface area is 742 Å². The van der Waals surface area contributed by atoms with E-state index in [0.717, 1.165) is 67.8 Å². The molecule has 622 valence electrons. The first-order valence-electron chi connectivity index (χ1n) is 37.0. The van der Waals surface area contributed by atoms with Crippen molar-refractivity contribution in [3.63, 3.8) is 0 Å². The molecule has 13 aromatic rings. The van der Waals surface area contributed by atoms with Gasteiger partial charge >= 0.3 is 30.8 Å². The van der Waals surface area contributed by atoms with Crippen LogP contribution in [0.5, 0.6) is 69.0 Å². The summed E-state index contributed by atoms with van der Waals surface area (Å²) in [5.41, 5.74) is 11.2. The van der Waals surface area contributed by atoms with E-state index in [9.17, 15) is 19.1 Å². The fourth-order valence-electron chi connectivity index (χ4n) is 10.8. The average Bonchev–Trinajstić information content (AvgIpc) is 0.813. The van der Waals surface area contributed by atoms with Gasteiger partial charge in [0.25, 0.3) is 0 Å². The molecule has 25 heteroatoms. The third-order valence-electron chi connectivity index (χ3n) is 16.5. The third kappa shape index (κ3) is 34.4. The number of ether oxygens (including phenoxy) is 11. The molecule has 0 heterocycles. The van der Waals surface area contributed by atoms with Crippen LogP contribution in [-0.2, 0) is 90.6 Å². The number of rotatable bonds is 31. The van der Waals surface area contributed by atoms with Crippen molar-refractivity contribution in [1.29, 1.82) is 0 Å². The number of hydrogen-bond donors (Lipinski definition) is 4. The zero-order valence-electron chi connectivity index (χ0n) is 67.0. The first-order chi connectivity index (χ1) is 57.6. The van der Waals surface area contributed by atoms with Gasteiger partial charge in [-0.3, -0.25) is 4.39 Å². The van der Waals surface area contributed by atoms with Crippen molar-refractivity contribution in [2.75, 3.05) is 21.4 Å². The molecule has 0 saturated heterocycles. The van der Waals surface area contributed by atoms with Gasteiger partial charge in [-0.05, 0) is 110 Å². The number of esters is 2. The summed E-state index contributed by atoms with van der Waals surface area (Å²) in [6.45, 7) is 3.22. The Morgan fingerprint density at radius 2 is 0.525 bits per heavy atom. The van der Waals surface area contributed by atoms with Crippen LogP contribution >= 0.6 is 33.0 Å². The van der Waals surface area contributed by atoms with Gasteiger partial charge in [0.15, 0.2) is 69.1 Å². The van der Waals surface area contributed by atoms with E-state index in [4.69, 9.17) is 79.9 Å². The fraction of sp³-hybridized carbons (Fsp3) is 0.158. The number of alkyl halides is 2. The molecule has 0 unspecified atom stereocenters. The van der Waals surface area contributed by atoms with E-state index in [1.165, 1.54) is 14.2 Å². The van der Waals surface area contributed by atoms with Gasteiger partial charge in [0.1, 0.15) is 59.5 Å². The summed E-state index contributed by atoms with van der Waals surface area (Å²) in [5, 5.41) is 36.8. The van der Waals surface area contributed by atoms with Gasteiger partial charge in [-0.1, -0.05) is 280 Å². The van der Waals surface area contributed by atoms with E-state index < -0.39 is 45.6 Å². The number of benzene rings is 13. The van der Waals surface area contributed by atoms with Gasteiger partial charge in [0, 0.05) is 27.2 Å². The van der Waals surface area contributed by atoms with Crippen LogP contribution < -0.4 is 61.5 Å². The zero-order valence-corrected chi connectivity index (χ0v) is 68.1. The van der Waals surface area contributed by atoms with Crippen molar-refractivity contribution in [1.82, 2.24) is 0 Å². The summed E-state index contributed by atoms with van der Waals surface area (Å²) in [7, 11) is 8.87. The summed E-state index contributed by atoms with van der Waals surface area (Å²) in [6.07, 6.45) is 0. The topological polar surface area (TPSA) is 234 Å². The first-order valence-corrected chi connectivity index (χ1v) is 39.6. The quantitative estimate of drug-likeness (QED) is 0.0104. The van der Waals surface area contributed by atoms with Crippen LogP contribution in [-0.4, -0.2) is 75.3 Å². The number of aliphatic hydroxyl groups excluding tert-OH is 1. The molecule has 18 nitrogen and oxygen atoms in total. The molecule has 0 aliphatic rings. The minimum atomic E-state index is -1.67. The molecular weight excluding hydrogens is 1620 g/mol. The molecule has 0 spiro atoms. The van der Waals surface area contributed by atoms with E-state index in [1.807, 2.05) is 285 Å². The van der Waals surface area contributed by atoms with Gasteiger partial charge in [-0.25, -0.2) is 13.8 Å². The number of aliphatic hydroxyl groups is 1. The number of halogens is 4. The summed E-state index contributed by atoms with van der Waals surface area (Å²) < 4.78 is 89.4. The monoisotopic (exact) mass is 1720 g/mol. The van der Waals surface area contributed by atoms with Crippen LogP contribution in [0.2, 0.25) is 0 Å². The predicted molar refractivity (Wildman–Crippen MR) is 471 cm³/mol. The van der Waals surface area contributed by atoms with Crippen molar-refractivity contribution in [2.24, 2.45) is 0 Å². The Balaban J connectivity index is 0.000000340. The zero-order chi connectivity index (χ0) is 83.9. The molecule has 0 bridgehead atoms. The van der Waals surface area contributed by atoms with Crippen LogP contribution in [0.4, 0.5) is 4.39 Å². The number of hydrogen-bond acceptors (Lipinski definition) is 18. The number of carbonyl (C=O) groups is 2. The Bertz CT molecular complexity index is 4730. The fourth-order valence-corrected chi connectivity index (χ4v) is 10.9. The molecule has 0 aliphatic heterocycles. The van der Waals surface area contributed by atoms with Gasteiger partial charge in [0.2, 0.25) is 26.5 Å². The minimum absolute atomic E-state index is 0. The first kappa shape index (κ1) is 97.3. The second-order valence-electron chi connectivity index (χ2n) is 24.9. The normalized spacial score (nSPS) is 10.1. The van der Waals surface area contributed by atoms with E-state index in [2.05, 4.69) is 26.1 Å². The molecule has 13 aromatic carbocycles. The Morgan fingerprint density at radius 3 is 0.708 bits per heavy atom. The Hall–Kier alpha value is -11.6. The maximum absolute atomic E-state index is 12.4. The van der Waals surface area contributed by atoms with Crippen molar-refractivity contribution >= 4 is 71.5 Å². The minimum Gasteiger partial charge on any atom is -1.00 e. The van der Waals surface area contributed by atoms with E-state index in [1.54, 1.807) is 24.3 Å². The van der Waals surface area contributed by atoms with Crippen LogP contribution in [0.25, 0.3) is 0 Å². The van der Waals surface area contributed by atoms with Crippen molar-refractivity contribution in [3.05, 3.63) is 394 Å². The van der Waals surface area contributed by atoms with E-state index in [-0.39, 0.29) is 57.2 Å². The van der Waals surface area contributed by atoms with Crippen LogP contribution in [0.3, 0.4) is 0 Å². The number of carbonyl (C=O) groups excluding carboxylic acids is 2. The molecule has 0 amide bonds. The maximum Gasteiger partial charge on any atom is 1.00 e. The molecule has 13 rings (SSSR count). The third-order valence-corrected chi connectivity index (χ3v) is 16.8. The summed E-state index contributed by atoms with van der Waals surface area (Å²) in [6, 6.07) is 102. The smallest absolute Gasteiger partial charge is 1.00 e. The van der Waals surface area contributed by atoms with Crippen molar-refractivity contribution in [2.45, 2.75) is 79.4 Å². The SMILES string of the molecule is C.COC(=O)c1cc(O)c(O)c(O)c1.COC(=O)c1cc(OCc2ccccc2)c(OCc2ccccc2)c(OCc2ccccc2)c1.ClCc1cc(OCc2ccccc2)c(OCc2ccccc2)c(OCc2ccccc2)c1.O=S(Cl)Cl.OCc1cc(OCc2ccccc2)c(OCc2ccccc2)c(OCc2ccccc2)c1.[2H]CF.[AlH3].[H-].[Li+]. The molecular formula is C95H96AlCl3FLiO18S. The van der Waals surface area contributed by atoms with Gasteiger partial charge < -0.3 is 74.0 Å². The van der Waals surface area contributed by atoms with Crippen molar-refractivity contribution < 1.29 is 112 Å². The standard InChI is InChI=1S/C29H26O5.C28H25ClO3.C28H26O4.C8H8O5.CH3F.CH4.Al.Cl2OS.Li.4H/c1-31-29(30)25-17-26(32-19-22-11-5-2-6-12-22)28(34-21-24-15-9-4-10-16-24)27(18-25)33-20-23-13-7-3-8-14-23;2*29-18-25-16-26(30-19-22-10-4-1-5-11-22)28(32-21-24-14-8-3-9-15-24)27(17-25)31-20-23-12-6-2-7-13-23;1-13-8(12)4-2-5(9)7(11)6(10)3-4;1-2;;;1-4(2)3;;;;;/h2-18H,19-21H2,1H3;1-17H,18-21H2;1-17,29H,18-21H2;2-3,9-11H,1H3;1H3;1H4;;;;;;;/q;;;;;;;;+1;;;;-1/i;;;;1D;;;;;;;;. The van der Waals surface area contributed by atoms with Gasteiger partial charge in [-0.15, -0.1) is 11.6 Å². The summed E-state index contributed by atoms with van der Waals surface area (Å²) in [5.74, 6) is 2.04. The molecule has 0 aliphatic carbocycles. The number of phenolic OH excluding ortho intramolecular Hbond substituents is 3. The largest absolute Gasteiger partial charge is 1.00 e. The number of aromatic hydroxyl groups is 3. The second kappa shape index (κ2) is 56.0. The molecule has 0 atom stereocenters. The summed E-state index contributed by atoms with van der Waals surface area (Å²) >= 11 is 6.18. The summed E-state index contributed by atoms with van der Waals surface area (Å²) in [4.78, 5) is 23.3. The van der Waals surface area contributed by atoms with Crippen LogP contribution in [0.15, 0.2) is 322 Å². The molecule has 4 N–H and O–H groups in total. The van der Waals surface area contributed by atoms with Crippen LogP contribution in [0, 0.1) is 0 Å². The maximum atomic E-state index is 12.4. The predicted octanol–water partition coefficient (Wildman–Crippen LogP) is 18.1. The van der Waals surface area contributed by atoms with E-state index >= 15 is 0 Å². The Kier molecular flexibility index (Phi) is 45.4. The number of methoxy groups -OCH3 is 2. The molecule has 0 radical (unpaired) electrons. The molecule has 0 saturated carbocycles.